The number of hydrogen-bond acceptors (Lipinski definition) is 2. The molecule has 0 aliphatic heterocycles. The van der Waals surface area contributed by atoms with Gasteiger partial charge in [-0.05, 0) is 24.5 Å². The molecule has 1 aromatic carbocycles. The average molecular weight is 249 g/mol. The normalized spacial score (nSPS) is 10.1. The molecule has 0 fully saturated rings. The number of carbonyl (C=O) groups excluding carboxylic acids is 1. The summed E-state index contributed by atoms with van der Waals surface area (Å²) in [6.07, 6.45) is 4.70. The van der Waals surface area contributed by atoms with Crippen LogP contribution in [0.3, 0.4) is 0 Å². The number of ether oxygens (including phenoxy) is 1. The van der Waals surface area contributed by atoms with Crippen LogP contribution < -0.4 is 10.1 Å². The molecule has 0 aliphatic rings. The number of para-hydroxylation sites is 1. The zero-order valence-corrected chi connectivity index (χ0v) is 11.4. The van der Waals surface area contributed by atoms with Crippen molar-refractivity contribution in [2.24, 2.45) is 0 Å². The van der Waals surface area contributed by atoms with E-state index >= 15 is 0 Å². The van der Waals surface area contributed by atoms with Gasteiger partial charge >= 0.3 is 0 Å². The Morgan fingerprint density at radius 3 is 2.78 bits per heavy atom. The molecular weight excluding hydrogens is 226 g/mol. The maximum absolute atomic E-state index is 11.5. The summed E-state index contributed by atoms with van der Waals surface area (Å²) in [5.74, 6) is 1.04. The number of carbonyl (C=O) groups is 1. The van der Waals surface area contributed by atoms with E-state index in [1.54, 1.807) is 7.11 Å². The first-order valence-electron chi connectivity index (χ1n) is 6.66. The van der Waals surface area contributed by atoms with Gasteiger partial charge in [-0.3, -0.25) is 4.79 Å². The predicted molar refractivity (Wildman–Crippen MR) is 73.8 cm³/mol. The van der Waals surface area contributed by atoms with Gasteiger partial charge in [-0.1, -0.05) is 38.0 Å². The lowest BCUT2D eigenvalue weighted by Gasteiger charge is -2.09. The van der Waals surface area contributed by atoms with E-state index in [1.807, 2.05) is 24.3 Å². The van der Waals surface area contributed by atoms with Crippen molar-refractivity contribution in [1.82, 2.24) is 5.32 Å². The summed E-state index contributed by atoms with van der Waals surface area (Å²) in [4.78, 5) is 11.5. The molecule has 0 atom stereocenters. The minimum atomic E-state index is 0.151. The van der Waals surface area contributed by atoms with Crippen molar-refractivity contribution >= 4 is 5.91 Å². The Morgan fingerprint density at radius 1 is 1.28 bits per heavy atom. The number of benzene rings is 1. The Bertz CT molecular complexity index is 363. The van der Waals surface area contributed by atoms with E-state index in [0.717, 1.165) is 37.0 Å². The molecule has 0 bridgehead atoms. The van der Waals surface area contributed by atoms with E-state index in [-0.39, 0.29) is 5.91 Å². The van der Waals surface area contributed by atoms with Gasteiger partial charge in [0.25, 0.3) is 0 Å². The third-order valence-electron chi connectivity index (χ3n) is 2.92. The van der Waals surface area contributed by atoms with E-state index < -0.39 is 0 Å². The van der Waals surface area contributed by atoms with Crippen LogP contribution in [-0.4, -0.2) is 19.6 Å². The zero-order chi connectivity index (χ0) is 13.2. The summed E-state index contributed by atoms with van der Waals surface area (Å²) in [7, 11) is 1.67. The van der Waals surface area contributed by atoms with Crippen LogP contribution in [0.1, 0.15) is 38.2 Å². The first-order chi connectivity index (χ1) is 8.77. The molecule has 0 saturated heterocycles. The highest BCUT2D eigenvalue weighted by Gasteiger charge is 2.03. The lowest BCUT2D eigenvalue weighted by molar-refractivity contribution is -0.121. The summed E-state index contributed by atoms with van der Waals surface area (Å²) < 4.78 is 5.27. The highest BCUT2D eigenvalue weighted by atomic mass is 16.5. The molecule has 3 heteroatoms. The fraction of sp³-hybridized carbons (Fsp3) is 0.533. The van der Waals surface area contributed by atoms with Gasteiger partial charge in [0.2, 0.25) is 5.91 Å². The van der Waals surface area contributed by atoms with Crippen molar-refractivity contribution < 1.29 is 9.53 Å². The fourth-order valence-corrected chi connectivity index (χ4v) is 1.87. The number of methoxy groups -OCH3 is 1. The first kappa shape index (κ1) is 14.6. The van der Waals surface area contributed by atoms with Crippen molar-refractivity contribution in [3.8, 4) is 5.75 Å². The second-order valence-corrected chi connectivity index (χ2v) is 4.37. The van der Waals surface area contributed by atoms with Crippen LogP contribution in [0, 0.1) is 0 Å². The highest BCUT2D eigenvalue weighted by Crippen LogP contribution is 2.17. The van der Waals surface area contributed by atoms with Crippen molar-refractivity contribution in [2.75, 3.05) is 13.7 Å². The highest BCUT2D eigenvalue weighted by molar-refractivity contribution is 5.75. The third kappa shape index (κ3) is 5.21. The predicted octanol–water partition coefficient (Wildman–Crippen LogP) is 2.93. The van der Waals surface area contributed by atoms with Crippen molar-refractivity contribution in [2.45, 2.75) is 39.0 Å². The summed E-state index contributed by atoms with van der Waals surface area (Å²) in [6.45, 7) is 2.81. The van der Waals surface area contributed by atoms with Crippen LogP contribution in [0.5, 0.6) is 5.75 Å². The van der Waals surface area contributed by atoms with E-state index in [1.165, 1.54) is 0 Å². The number of rotatable bonds is 8. The first-order valence-corrected chi connectivity index (χ1v) is 6.66. The van der Waals surface area contributed by atoms with Gasteiger partial charge in [0.15, 0.2) is 0 Å². The molecule has 100 valence electrons. The molecular formula is C15H23NO2. The Balaban J connectivity index is 2.26. The summed E-state index contributed by atoms with van der Waals surface area (Å²) in [6, 6.07) is 7.91. The van der Waals surface area contributed by atoms with E-state index in [0.29, 0.717) is 13.0 Å². The van der Waals surface area contributed by atoms with Gasteiger partial charge in [0.05, 0.1) is 7.11 Å². The van der Waals surface area contributed by atoms with Crippen molar-refractivity contribution in [3.63, 3.8) is 0 Å². The summed E-state index contributed by atoms with van der Waals surface area (Å²) in [5, 5.41) is 2.95. The second kappa shape index (κ2) is 8.56. The molecule has 0 radical (unpaired) electrons. The van der Waals surface area contributed by atoms with Crippen molar-refractivity contribution in [3.05, 3.63) is 29.8 Å². The molecule has 0 aromatic heterocycles. The summed E-state index contributed by atoms with van der Waals surface area (Å²) >= 11 is 0. The molecule has 0 unspecified atom stereocenters. The van der Waals surface area contributed by atoms with Crippen molar-refractivity contribution in [1.29, 1.82) is 0 Å². The monoisotopic (exact) mass is 249 g/mol. The maximum Gasteiger partial charge on any atom is 0.220 e. The Labute approximate surface area is 110 Å². The largest absolute Gasteiger partial charge is 0.496 e. The van der Waals surface area contributed by atoms with Crippen LogP contribution in [-0.2, 0) is 11.2 Å². The molecule has 1 aromatic rings. The lowest BCUT2D eigenvalue weighted by Crippen LogP contribution is -2.25. The number of nitrogens with one attached hydrogen (secondary N) is 1. The molecule has 1 amide bonds. The van der Waals surface area contributed by atoms with Crippen LogP contribution in [0.25, 0.3) is 0 Å². The van der Waals surface area contributed by atoms with Gasteiger partial charge in [0.1, 0.15) is 5.75 Å². The molecule has 3 nitrogen and oxygen atoms in total. The Kier molecular flexibility index (Phi) is 6.92. The minimum Gasteiger partial charge on any atom is -0.496 e. The van der Waals surface area contributed by atoms with E-state index in [4.69, 9.17) is 4.74 Å². The zero-order valence-electron chi connectivity index (χ0n) is 11.4. The maximum atomic E-state index is 11.5. The van der Waals surface area contributed by atoms with Crippen LogP contribution >= 0.6 is 0 Å². The van der Waals surface area contributed by atoms with Gasteiger partial charge < -0.3 is 10.1 Å². The standard InChI is InChI=1S/C15H23NO2/c1-3-4-5-10-15(17)16-12-11-13-8-6-7-9-14(13)18-2/h6-9H,3-5,10-12H2,1-2H3,(H,16,17). The van der Waals surface area contributed by atoms with Gasteiger partial charge in [-0.15, -0.1) is 0 Å². The van der Waals surface area contributed by atoms with E-state index in [2.05, 4.69) is 12.2 Å². The lowest BCUT2D eigenvalue weighted by atomic mass is 10.1. The van der Waals surface area contributed by atoms with Gasteiger partial charge in [-0.25, -0.2) is 0 Å². The van der Waals surface area contributed by atoms with Gasteiger partial charge in [0, 0.05) is 13.0 Å². The molecule has 0 saturated carbocycles. The molecule has 0 heterocycles. The fourth-order valence-electron chi connectivity index (χ4n) is 1.87. The number of hydrogen-bond donors (Lipinski definition) is 1. The molecule has 1 N–H and O–H groups in total. The number of unbranched alkanes of at least 4 members (excludes halogenated alkanes) is 2. The molecule has 0 spiro atoms. The summed E-state index contributed by atoms with van der Waals surface area (Å²) in [5.41, 5.74) is 1.13. The third-order valence-corrected chi connectivity index (χ3v) is 2.92. The minimum absolute atomic E-state index is 0.151. The van der Waals surface area contributed by atoms with Crippen LogP contribution in [0.2, 0.25) is 0 Å². The average Bonchev–Trinajstić information content (AvgIpc) is 2.39. The van der Waals surface area contributed by atoms with Crippen LogP contribution in [0.4, 0.5) is 0 Å². The number of amides is 1. The Hall–Kier alpha value is -1.51. The van der Waals surface area contributed by atoms with Crippen LogP contribution in [0.15, 0.2) is 24.3 Å². The van der Waals surface area contributed by atoms with E-state index in [9.17, 15) is 4.79 Å². The molecule has 18 heavy (non-hydrogen) atoms. The molecule has 1 rings (SSSR count). The molecule has 0 aliphatic carbocycles. The SMILES string of the molecule is CCCCCC(=O)NCCc1ccccc1OC. The topological polar surface area (TPSA) is 38.3 Å². The quantitative estimate of drug-likeness (QED) is 0.719. The van der Waals surface area contributed by atoms with Gasteiger partial charge in [-0.2, -0.15) is 0 Å². The second-order valence-electron chi connectivity index (χ2n) is 4.37. The smallest absolute Gasteiger partial charge is 0.220 e. The Morgan fingerprint density at radius 2 is 2.06 bits per heavy atom.